The number of nitrogens with zero attached hydrogens (tertiary/aromatic N) is 3. The molecule has 6 heteroatoms. The topological polar surface area (TPSA) is 39.9 Å². The molecule has 0 aliphatic heterocycles. The van der Waals surface area contributed by atoms with Crippen molar-refractivity contribution >= 4 is 5.82 Å². The van der Waals surface area contributed by atoms with Crippen LogP contribution in [0.1, 0.15) is 18.9 Å². The Kier molecular flexibility index (Phi) is 4.32. The number of rotatable bonds is 4. The van der Waals surface area contributed by atoms with E-state index in [9.17, 15) is 13.2 Å². The molecule has 0 spiro atoms. The maximum Gasteiger partial charge on any atom is 0.405 e. The lowest BCUT2D eigenvalue weighted by Gasteiger charge is -2.24. The van der Waals surface area contributed by atoms with Crippen molar-refractivity contribution in [2.24, 2.45) is 0 Å². The van der Waals surface area contributed by atoms with Gasteiger partial charge in [0.1, 0.15) is 12.4 Å². The summed E-state index contributed by atoms with van der Waals surface area (Å²) in [4.78, 5) is 4.99. The van der Waals surface area contributed by atoms with Crippen molar-refractivity contribution in [2.75, 3.05) is 18.0 Å². The Morgan fingerprint density at radius 2 is 2.18 bits per heavy atom. The monoisotopic (exact) mass is 243 g/mol. The average Bonchev–Trinajstić information content (AvgIpc) is 2.27. The lowest BCUT2D eigenvalue weighted by atomic mass is 10.2. The van der Waals surface area contributed by atoms with Crippen LogP contribution in [0.25, 0.3) is 0 Å². The van der Waals surface area contributed by atoms with Gasteiger partial charge in [-0.2, -0.15) is 18.4 Å². The molecule has 0 atom stereocenters. The second kappa shape index (κ2) is 5.53. The summed E-state index contributed by atoms with van der Waals surface area (Å²) in [7, 11) is 0. The third kappa shape index (κ3) is 4.31. The van der Waals surface area contributed by atoms with E-state index in [0.29, 0.717) is 12.0 Å². The van der Waals surface area contributed by atoms with Gasteiger partial charge in [0, 0.05) is 12.7 Å². The molecular formula is C11H12F3N3. The molecule has 0 aromatic carbocycles. The van der Waals surface area contributed by atoms with E-state index in [-0.39, 0.29) is 12.4 Å². The predicted molar refractivity (Wildman–Crippen MR) is 57.5 cm³/mol. The molecule has 3 nitrogen and oxygen atoms in total. The fourth-order valence-corrected chi connectivity index (χ4v) is 1.42. The molecule has 0 radical (unpaired) electrons. The lowest BCUT2D eigenvalue weighted by molar-refractivity contribution is -0.119. The highest BCUT2D eigenvalue weighted by Crippen LogP contribution is 2.21. The molecule has 0 aliphatic rings. The molecule has 0 fully saturated rings. The molecule has 17 heavy (non-hydrogen) atoms. The normalized spacial score (nSPS) is 11.0. The van der Waals surface area contributed by atoms with Gasteiger partial charge >= 0.3 is 6.18 Å². The van der Waals surface area contributed by atoms with E-state index in [1.165, 1.54) is 18.3 Å². The maximum atomic E-state index is 12.4. The molecule has 0 amide bonds. The summed E-state index contributed by atoms with van der Waals surface area (Å²) in [6.45, 7) is 0.988. The van der Waals surface area contributed by atoms with Gasteiger partial charge in [-0.05, 0) is 18.6 Å². The second-order valence-electron chi connectivity index (χ2n) is 3.55. The number of aromatic nitrogens is 1. The van der Waals surface area contributed by atoms with Crippen LogP contribution in [-0.4, -0.2) is 24.2 Å². The first kappa shape index (κ1) is 13.3. The van der Waals surface area contributed by atoms with E-state index < -0.39 is 12.7 Å². The zero-order valence-corrected chi connectivity index (χ0v) is 9.33. The van der Waals surface area contributed by atoms with Crippen LogP contribution < -0.4 is 4.90 Å². The summed E-state index contributed by atoms with van der Waals surface area (Å²) >= 11 is 0. The van der Waals surface area contributed by atoms with E-state index in [1.807, 2.05) is 6.07 Å². The Morgan fingerprint density at radius 1 is 1.47 bits per heavy atom. The van der Waals surface area contributed by atoms with Crippen molar-refractivity contribution in [3.8, 4) is 6.07 Å². The standard InChI is InChI=1S/C11H12F3N3/c1-2-5-17(8-11(12,13)14)10-6-9(7-15)3-4-16-10/h3-4,6H,2,5,8H2,1H3. The summed E-state index contributed by atoms with van der Waals surface area (Å²) < 4.78 is 37.1. The van der Waals surface area contributed by atoms with Gasteiger partial charge in [0.05, 0.1) is 11.6 Å². The third-order valence-electron chi connectivity index (χ3n) is 2.06. The first-order chi connectivity index (χ1) is 7.96. The Morgan fingerprint density at radius 3 is 2.71 bits per heavy atom. The number of hydrogen-bond donors (Lipinski definition) is 0. The summed E-state index contributed by atoms with van der Waals surface area (Å²) in [5.41, 5.74) is 0.304. The highest BCUT2D eigenvalue weighted by Gasteiger charge is 2.31. The van der Waals surface area contributed by atoms with Crippen LogP contribution in [-0.2, 0) is 0 Å². The van der Waals surface area contributed by atoms with Crippen LogP contribution >= 0.6 is 0 Å². The van der Waals surface area contributed by atoms with Crippen molar-refractivity contribution in [1.29, 1.82) is 5.26 Å². The van der Waals surface area contributed by atoms with Crippen molar-refractivity contribution in [1.82, 2.24) is 4.98 Å². The lowest BCUT2D eigenvalue weighted by Crippen LogP contribution is -2.35. The number of alkyl halides is 3. The minimum absolute atomic E-state index is 0.184. The van der Waals surface area contributed by atoms with Crippen molar-refractivity contribution in [2.45, 2.75) is 19.5 Å². The molecule has 0 N–H and O–H groups in total. The summed E-state index contributed by atoms with van der Waals surface area (Å²) in [6, 6.07) is 4.70. The summed E-state index contributed by atoms with van der Waals surface area (Å²) in [5.74, 6) is 0.184. The van der Waals surface area contributed by atoms with E-state index >= 15 is 0 Å². The first-order valence-corrected chi connectivity index (χ1v) is 5.14. The number of nitriles is 1. The predicted octanol–water partition coefficient (Wildman–Crippen LogP) is 2.73. The van der Waals surface area contributed by atoms with Gasteiger partial charge in [0.15, 0.2) is 0 Å². The number of halogens is 3. The van der Waals surface area contributed by atoms with Crippen LogP contribution in [0, 0.1) is 11.3 Å². The molecule has 0 saturated carbocycles. The third-order valence-corrected chi connectivity index (χ3v) is 2.06. The molecule has 1 aromatic rings. The zero-order valence-electron chi connectivity index (χ0n) is 9.33. The van der Waals surface area contributed by atoms with Crippen LogP contribution in [0.3, 0.4) is 0 Å². The largest absolute Gasteiger partial charge is 0.405 e. The van der Waals surface area contributed by atoms with E-state index in [4.69, 9.17) is 5.26 Å². The molecule has 1 heterocycles. The van der Waals surface area contributed by atoms with E-state index in [1.54, 1.807) is 6.92 Å². The van der Waals surface area contributed by atoms with Crippen LogP contribution in [0.4, 0.5) is 19.0 Å². The van der Waals surface area contributed by atoms with Crippen LogP contribution in [0.5, 0.6) is 0 Å². The van der Waals surface area contributed by atoms with Gasteiger partial charge in [-0.15, -0.1) is 0 Å². The molecular weight excluding hydrogens is 231 g/mol. The second-order valence-corrected chi connectivity index (χ2v) is 3.55. The quantitative estimate of drug-likeness (QED) is 0.816. The summed E-state index contributed by atoms with van der Waals surface area (Å²) in [5, 5.41) is 8.69. The van der Waals surface area contributed by atoms with Crippen molar-refractivity contribution in [3.05, 3.63) is 23.9 Å². The smallest absolute Gasteiger partial charge is 0.347 e. The molecule has 0 saturated heterocycles. The molecule has 92 valence electrons. The Balaban J connectivity index is 2.93. The van der Waals surface area contributed by atoms with Crippen LogP contribution in [0.15, 0.2) is 18.3 Å². The van der Waals surface area contributed by atoms with Gasteiger partial charge in [-0.1, -0.05) is 6.92 Å². The molecule has 1 aromatic heterocycles. The van der Waals surface area contributed by atoms with Gasteiger partial charge in [0.25, 0.3) is 0 Å². The Bertz CT molecular complexity index is 409. The fraction of sp³-hybridized carbons (Fsp3) is 0.455. The summed E-state index contributed by atoms with van der Waals surface area (Å²) in [6.07, 6.45) is -2.36. The SMILES string of the molecule is CCCN(CC(F)(F)F)c1cc(C#N)ccn1. The van der Waals surface area contributed by atoms with Gasteiger partial charge in [-0.3, -0.25) is 0 Å². The van der Waals surface area contributed by atoms with Gasteiger partial charge in [-0.25, -0.2) is 4.98 Å². The van der Waals surface area contributed by atoms with E-state index in [0.717, 1.165) is 4.90 Å². The molecule has 1 rings (SSSR count). The number of pyridine rings is 1. The highest BCUT2D eigenvalue weighted by molar-refractivity contribution is 5.45. The first-order valence-electron chi connectivity index (χ1n) is 5.14. The fourth-order valence-electron chi connectivity index (χ4n) is 1.42. The Labute approximate surface area is 97.5 Å². The molecule has 0 aliphatic carbocycles. The molecule has 0 bridgehead atoms. The minimum Gasteiger partial charge on any atom is -0.347 e. The maximum absolute atomic E-state index is 12.4. The number of hydrogen-bond acceptors (Lipinski definition) is 3. The van der Waals surface area contributed by atoms with Crippen LogP contribution in [0.2, 0.25) is 0 Å². The van der Waals surface area contributed by atoms with Gasteiger partial charge < -0.3 is 4.90 Å². The van der Waals surface area contributed by atoms with Crippen molar-refractivity contribution < 1.29 is 13.2 Å². The van der Waals surface area contributed by atoms with E-state index in [2.05, 4.69) is 4.98 Å². The highest BCUT2D eigenvalue weighted by atomic mass is 19.4. The molecule has 0 unspecified atom stereocenters. The average molecular weight is 243 g/mol. The minimum atomic E-state index is -4.28. The Hall–Kier alpha value is -1.77. The van der Waals surface area contributed by atoms with Crippen molar-refractivity contribution in [3.63, 3.8) is 0 Å². The van der Waals surface area contributed by atoms with Gasteiger partial charge in [0.2, 0.25) is 0 Å². The zero-order chi connectivity index (χ0) is 12.9. The number of anilines is 1.